The molecule has 0 fully saturated rings. The lowest BCUT2D eigenvalue weighted by atomic mass is 9.97. The molecule has 0 saturated carbocycles. The van der Waals surface area contributed by atoms with Crippen LogP contribution in [0.25, 0.3) is 0 Å². The highest BCUT2D eigenvalue weighted by Gasteiger charge is 2.20. The standard InChI is InChI=1S/C12H22N2OS/c1-4-5-10(2)11(13-6-8-15-3)12-14-7-9-16-12/h7,9-11,13H,4-6,8H2,1-3H3. The highest BCUT2D eigenvalue weighted by Crippen LogP contribution is 2.26. The van der Waals surface area contributed by atoms with Crippen molar-refractivity contribution in [2.75, 3.05) is 20.3 Å². The highest BCUT2D eigenvalue weighted by molar-refractivity contribution is 7.09. The van der Waals surface area contributed by atoms with Gasteiger partial charge in [0.15, 0.2) is 0 Å². The normalized spacial score (nSPS) is 14.9. The number of nitrogens with one attached hydrogen (secondary N) is 1. The third-order valence-electron chi connectivity index (χ3n) is 2.70. The molecule has 0 aliphatic carbocycles. The smallest absolute Gasteiger partial charge is 0.110 e. The molecule has 0 aliphatic heterocycles. The molecule has 0 bridgehead atoms. The first-order valence-corrected chi connectivity index (χ1v) is 6.79. The minimum Gasteiger partial charge on any atom is -0.383 e. The molecule has 2 atom stereocenters. The second-order valence-corrected chi connectivity index (χ2v) is 4.99. The van der Waals surface area contributed by atoms with Gasteiger partial charge in [-0.2, -0.15) is 0 Å². The monoisotopic (exact) mass is 242 g/mol. The van der Waals surface area contributed by atoms with Crippen LogP contribution in [-0.2, 0) is 4.74 Å². The van der Waals surface area contributed by atoms with Crippen molar-refractivity contribution >= 4 is 11.3 Å². The Morgan fingerprint density at radius 1 is 1.56 bits per heavy atom. The predicted molar refractivity (Wildman–Crippen MR) is 68.8 cm³/mol. The number of methoxy groups -OCH3 is 1. The molecule has 0 amide bonds. The van der Waals surface area contributed by atoms with Crippen molar-refractivity contribution in [2.24, 2.45) is 5.92 Å². The van der Waals surface area contributed by atoms with Crippen LogP contribution >= 0.6 is 11.3 Å². The van der Waals surface area contributed by atoms with Crippen LogP contribution in [0.15, 0.2) is 11.6 Å². The summed E-state index contributed by atoms with van der Waals surface area (Å²) in [6, 6.07) is 0.370. The van der Waals surface area contributed by atoms with E-state index in [4.69, 9.17) is 4.74 Å². The zero-order valence-corrected chi connectivity index (χ0v) is 11.2. The fraction of sp³-hybridized carbons (Fsp3) is 0.750. The molecular formula is C12H22N2OS. The molecule has 16 heavy (non-hydrogen) atoms. The number of hydrogen-bond donors (Lipinski definition) is 1. The largest absolute Gasteiger partial charge is 0.383 e. The van der Waals surface area contributed by atoms with Gasteiger partial charge in [-0.05, 0) is 12.3 Å². The molecule has 0 radical (unpaired) electrons. The van der Waals surface area contributed by atoms with Gasteiger partial charge in [-0.3, -0.25) is 0 Å². The van der Waals surface area contributed by atoms with Crippen LogP contribution < -0.4 is 5.32 Å². The average molecular weight is 242 g/mol. The van der Waals surface area contributed by atoms with Crippen molar-refractivity contribution in [1.82, 2.24) is 10.3 Å². The van der Waals surface area contributed by atoms with Crippen molar-refractivity contribution < 1.29 is 4.74 Å². The second kappa shape index (κ2) is 7.76. The molecule has 0 saturated heterocycles. The van der Waals surface area contributed by atoms with E-state index in [1.807, 2.05) is 11.6 Å². The summed E-state index contributed by atoms with van der Waals surface area (Å²) in [5, 5.41) is 6.76. The first kappa shape index (κ1) is 13.6. The van der Waals surface area contributed by atoms with Gasteiger partial charge in [-0.15, -0.1) is 11.3 Å². The highest BCUT2D eigenvalue weighted by atomic mass is 32.1. The lowest BCUT2D eigenvalue weighted by molar-refractivity contribution is 0.190. The molecule has 0 aromatic carbocycles. The van der Waals surface area contributed by atoms with Crippen LogP contribution in [0, 0.1) is 5.92 Å². The van der Waals surface area contributed by atoms with E-state index in [2.05, 4.69) is 24.1 Å². The van der Waals surface area contributed by atoms with Gasteiger partial charge in [0.1, 0.15) is 5.01 Å². The summed E-state index contributed by atoms with van der Waals surface area (Å²) >= 11 is 1.73. The lowest BCUT2D eigenvalue weighted by Gasteiger charge is -2.23. The van der Waals surface area contributed by atoms with E-state index in [0.717, 1.165) is 13.2 Å². The summed E-state index contributed by atoms with van der Waals surface area (Å²) in [4.78, 5) is 4.41. The first-order valence-electron chi connectivity index (χ1n) is 5.91. The van der Waals surface area contributed by atoms with Gasteiger partial charge in [0, 0.05) is 25.2 Å². The molecule has 1 N–H and O–H groups in total. The molecule has 0 aliphatic rings. The van der Waals surface area contributed by atoms with Crippen molar-refractivity contribution in [3.8, 4) is 0 Å². The molecule has 1 heterocycles. The Hall–Kier alpha value is -0.450. The summed E-state index contributed by atoms with van der Waals surface area (Å²) in [6.07, 6.45) is 4.32. The Bertz CT molecular complexity index is 264. The van der Waals surface area contributed by atoms with E-state index in [1.54, 1.807) is 18.4 Å². The number of nitrogens with zero attached hydrogens (tertiary/aromatic N) is 1. The number of thiazole rings is 1. The topological polar surface area (TPSA) is 34.1 Å². The zero-order chi connectivity index (χ0) is 11.8. The fourth-order valence-corrected chi connectivity index (χ4v) is 2.70. The van der Waals surface area contributed by atoms with E-state index < -0.39 is 0 Å². The zero-order valence-electron chi connectivity index (χ0n) is 10.4. The SMILES string of the molecule is CCCC(C)C(NCCOC)c1nccs1. The Kier molecular flexibility index (Phi) is 6.61. The third-order valence-corrected chi connectivity index (χ3v) is 3.56. The van der Waals surface area contributed by atoms with E-state index in [-0.39, 0.29) is 0 Å². The van der Waals surface area contributed by atoms with Gasteiger partial charge >= 0.3 is 0 Å². The van der Waals surface area contributed by atoms with Gasteiger partial charge in [0.2, 0.25) is 0 Å². The Labute approximate surface area is 102 Å². The summed E-state index contributed by atoms with van der Waals surface area (Å²) < 4.78 is 5.07. The molecule has 1 aromatic rings. The van der Waals surface area contributed by atoms with Crippen molar-refractivity contribution in [2.45, 2.75) is 32.7 Å². The molecule has 4 heteroatoms. The van der Waals surface area contributed by atoms with Crippen LogP contribution in [0.4, 0.5) is 0 Å². The summed E-state index contributed by atoms with van der Waals surface area (Å²) in [7, 11) is 1.73. The molecule has 1 rings (SSSR count). The first-order chi connectivity index (χ1) is 7.79. The molecule has 92 valence electrons. The average Bonchev–Trinajstić information content (AvgIpc) is 2.78. The van der Waals surface area contributed by atoms with E-state index in [1.165, 1.54) is 17.8 Å². The number of ether oxygens (including phenoxy) is 1. The van der Waals surface area contributed by atoms with Crippen molar-refractivity contribution in [3.63, 3.8) is 0 Å². The maximum Gasteiger partial charge on any atom is 0.110 e. The van der Waals surface area contributed by atoms with Crippen LogP contribution in [0.1, 0.15) is 37.7 Å². The van der Waals surface area contributed by atoms with Gasteiger partial charge in [0.05, 0.1) is 12.6 Å². The van der Waals surface area contributed by atoms with Gasteiger partial charge < -0.3 is 10.1 Å². The van der Waals surface area contributed by atoms with Gasteiger partial charge in [-0.25, -0.2) is 4.98 Å². The van der Waals surface area contributed by atoms with Crippen LogP contribution in [-0.4, -0.2) is 25.2 Å². The molecule has 3 nitrogen and oxygen atoms in total. The van der Waals surface area contributed by atoms with E-state index in [9.17, 15) is 0 Å². The summed E-state index contributed by atoms with van der Waals surface area (Å²) in [5.41, 5.74) is 0. The van der Waals surface area contributed by atoms with Crippen molar-refractivity contribution in [3.05, 3.63) is 16.6 Å². The second-order valence-electron chi connectivity index (χ2n) is 4.06. The number of rotatable bonds is 8. The Balaban J connectivity index is 2.54. The minimum absolute atomic E-state index is 0.370. The maximum absolute atomic E-state index is 5.07. The molecule has 2 unspecified atom stereocenters. The number of hydrogen-bond acceptors (Lipinski definition) is 4. The maximum atomic E-state index is 5.07. The van der Waals surface area contributed by atoms with Crippen LogP contribution in [0.3, 0.4) is 0 Å². The quantitative estimate of drug-likeness (QED) is 0.712. The molecular weight excluding hydrogens is 220 g/mol. The van der Waals surface area contributed by atoms with Crippen LogP contribution in [0.2, 0.25) is 0 Å². The predicted octanol–water partition coefficient (Wildman–Crippen LogP) is 2.86. The van der Waals surface area contributed by atoms with E-state index in [0.29, 0.717) is 12.0 Å². The minimum atomic E-state index is 0.370. The Morgan fingerprint density at radius 2 is 2.38 bits per heavy atom. The van der Waals surface area contributed by atoms with Crippen LogP contribution in [0.5, 0.6) is 0 Å². The number of aromatic nitrogens is 1. The van der Waals surface area contributed by atoms with Crippen molar-refractivity contribution in [1.29, 1.82) is 0 Å². The molecule has 0 spiro atoms. The van der Waals surface area contributed by atoms with Gasteiger partial charge in [-0.1, -0.05) is 20.3 Å². The fourth-order valence-electron chi connectivity index (χ4n) is 1.86. The van der Waals surface area contributed by atoms with Gasteiger partial charge in [0.25, 0.3) is 0 Å². The third kappa shape index (κ3) is 4.20. The summed E-state index contributed by atoms with van der Waals surface area (Å²) in [6.45, 7) is 6.15. The Morgan fingerprint density at radius 3 is 2.94 bits per heavy atom. The molecule has 1 aromatic heterocycles. The van der Waals surface area contributed by atoms with E-state index >= 15 is 0 Å². The summed E-state index contributed by atoms with van der Waals surface area (Å²) in [5.74, 6) is 0.619. The lowest BCUT2D eigenvalue weighted by Crippen LogP contribution is -2.29.